The number of hydrogen-bond acceptors (Lipinski definition) is 3. The standard InChI is InChI=1S/C14H21NO4/c1-7-10(8-9(2)3)11(12(16)17)15-13(18)19-14(4,5)6/h7-8,11H,1-2H2,3-6H3,(H,15,18)(H,16,17). The zero-order valence-electron chi connectivity index (χ0n) is 11.8. The lowest BCUT2D eigenvalue weighted by molar-refractivity contribution is -0.138. The topological polar surface area (TPSA) is 75.6 Å². The highest BCUT2D eigenvalue weighted by atomic mass is 16.6. The predicted octanol–water partition coefficient (Wildman–Crippen LogP) is 2.65. The fourth-order valence-electron chi connectivity index (χ4n) is 1.26. The summed E-state index contributed by atoms with van der Waals surface area (Å²) in [4.78, 5) is 22.8. The van der Waals surface area contributed by atoms with E-state index in [0.29, 0.717) is 11.1 Å². The van der Waals surface area contributed by atoms with Crippen molar-refractivity contribution in [2.24, 2.45) is 0 Å². The molecular formula is C14H21NO4. The van der Waals surface area contributed by atoms with E-state index in [9.17, 15) is 9.59 Å². The Kier molecular flexibility index (Phi) is 6.05. The molecule has 5 heteroatoms. The van der Waals surface area contributed by atoms with E-state index in [-0.39, 0.29) is 0 Å². The number of rotatable bonds is 5. The second-order valence-corrected chi connectivity index (χ2v) is 5.11. The lowest BCUT2D eigenvalue weighted by atomic mass is 10.1. The number of carboxylic acids is 1. The highest BCUT2D eigenvalue weighted by Crippen LogP contribution is 2.11. The van der Waals surface area contributed by atoms with Crippen LogP contribution in [0.1, 0.15) is 27.7 Å². The van der Waals surface area contributed by atoms with Crippen LogP contribution in [-0.2, 0) is 9.53 Å². The summed E-state index contributed by atoms with van der Waals surface area (Å²) in [6.07, 6.45) is 2.11. The monoisotopic (exact) mass is 267 g/mol. The van der Waals surface area contributed by atoms with Crippen molar-refractivity contribution in [1.29, 1.82) is 0 Å². The van der Waals surface area contributed by atoms with E-state index >= 15 is 0 Å². The zero-order valence-corrected chi connectivity index (χ0v) is 11.8. The minimum Gasteiger partial charge on any atom is -0.479 e. The molecule has 0 aromatic carbocycles. The molecule has 1 unspecified atom stereocenters. The van der Waals surface area contributed by atoms with E-state index in [1.807, 2.05) is 0 Å². The Bertz CT molecular complexity index is 416. The van der Waals surface area contributed by atoms with Gasteiger partial charge in [-0.1, -0.05) is 30.9 Å². The summed E-state index contributed by atoms with van der Waals surface area (Å²) in [5, 5.41) is 11.4. The lowest BCUT2D eigenvalue weighted by Gasteiger charge is -2.22. The highest BCUT2D eigenvalue weighted by molar-refractivity contribution is 5.84. The number of carbonyl (C=O) groups is 2. The molecule has 0 heterocycles. The summed E-state index contributed by atoms with van der Waals surface area (Å²) in [5.41, 5.74) is 0.303. The molecule has 0 saturated carbocycles. The summed E-state index contributed by atoms with van der Waals surface area (Å²) in [6, 6.07) is -1.22. The fraction of sp³-hybridized carbons (Fsp3) is 0.429. The molecule has 5 nitrogen and oxygen atoms in total. The molecule has 0 rings (SSSR count). The Morgan fingerprint density at radius 1 is 1.37 bits per heavy atom. The lowest BCUT2D eigenvalue weighted by Crippen LogP contribution is -2.44. The summed E-state index contributed by atoms with van der Waals surface area (Å²) in [5.74, 6) is -1.20. The van der Waals surface area contributed by atoms with Crippen LogP contribution in [0.25, 0.3) is 0 Å². The van der Waals surface area contributed by atoms with Crippen LogP contribution < -0.4 is 5.32 Å². The van der Waals surface area contributed by atoms with Gasteiger partial charge >= 0.3 is 12.1 Å². The van der Waals surface area contributed by atoms with E-state index in [4.69, 9.17) is 9.84 Å². The van der Waals surface area contributed by atoms with Crippen molar-refractivity contribution in [3.63, 3.8) is 0 Å². The molecular weight excluding hydrogens is 246 g/mol. The van der Waals surface area contributed by atoms with Crippen molar-refractivity contribution in [3.05, 3.63) is 36.5 Å². The van der Waals surface area contributed by atoms with Gasteiger partial charge in [-0.15, -0.1) is 0 Å². The van der Waals surface area contributed by atoms with E-state index in [2.05, 4.69) is 18.5 Å². The molecule has 0 aliphatic rings. The first-order chi connectivity index (χ1) is 8.56. The summed E-state index contributed by atoms with van der Waals surface area (Å²) < 4.78 is 5.02. The van der Waals surface area contributed by atoms with Gasteiger partial charge in [0.05, 0.1) is 0 Å². The molecule has 0 aliphatic carbocycles. The Morgan fingerprint density at radius 2 is 1.89 bits per heavy atom. The first-order valence-electron chi connectivity index (χ1n) is 5.78. The average molecular weight is 267 g/mol. The van der Waals surface area contributed by atoms with Gasteiger partial charge in [0, 0.05) is 0 Å². The van der Waals surface area contributed by atoms with Gasteiger partial charge in [0.25, 0.3) is 0 Å². The molecule has 0 radical (unpaired) electrons. The highest BCUT2D eigenvalue weighted by Gasteiger charge is 2.25. The largest absolute Gasteiger partial charge is 0.479 e. The van der Waals surface area contributed by atoms with Gasteiger partial charge in [-0.05, 0) is 33.3 Å². The molecule has 0 fully saturated rings. The molecule has 0 spiro atoms. The minimum atomic E-state index is -1.22. The van der Waals surface area contributed by atoms with Crippen molar-refractivity contribution >= 4 is 12.1 Å². The van der Waals surface area contributed by atoms with Gasteiger partial charge in [-0.25, -0.2) is 9.59 Å². The van der Waals surface area contributed by atoms with E-state index in [1.54, 1.807) is 33.8 Å². The molecule has 0 saturated heterocycles. The second kappa shape index (κ2) is 6.78. The van der Waals surface area contributed by atoms with E-state index in [0.717, 1.165) is 0 Å². The molecule has 1 atom stereocenters. The minimum absolute atomic E-state index is 0.339. The summed E-state index contributed by atoms with van der Waals surface area (Å²) >= 11 is 0. The quantitative estimate of drug-likeness (QED) is 0.751. The smallest absolute Gasteiger partial charge is 0.408 e. The number of nitrogens with one attached hydrogen (secondary N) is 1. The van der Waals surface area contributed by atoms with Crippen LogP contribution in [0.3, 0.4) is 0 Å². The maximum atomic E-state index is 11.6. The number of ether oxygens (including phenoxy) is 1. The maximum absolute atomic E-state index is 11.6. The van der Waals surface area contributed by atoms with Gasteiger partial charge in [0.2, 0.25) is 0 Å². The summed E-state index contributed by atoms with van der Waals surface area (Å²) in [6.45, 7) is 14.0. The number of carbonyl (C=O) groups excluding carboxylic acids is 1. The third-order valence-corrected chi connectivity index (χ3v) is 1.89. The van der Waals surface area contributed by atoms with Gasteiger partial charge in [-0.3, -0.25) is 0 Å². The predicted molar refractivity (Wildman–Crippen MR) is 73.9 cm³/mol. The van der Waals surface area contributed by atoms with Gasteiger partial charge in [-0.2, -0.15) is 0 Å². The van der Waals surface area contributed by atoms with E-state index < -0.39 is 23.7 Å². The zero-order chi connectivity index (χ0) is 15.2. The first-order valence-corrected chi connectivity index (χ1v) is 5.78. The molecule has 2 N–H and O–H groups in total. The van der Waals surface area contributed by atoms with Gasteiger partial charge in [0.1, 0.15) is 5.60 Å². The average Bonchev–Trinajstić information content (AvgIpc) is 2.19. The fourth-order valence-corrected chi connectivity index (χ4v) is 1.26. The third-order valence-electron chi connectivity index (χ3n) is 1.89. The number of aliphatic carboxylic acids is 1. The van der Waals surface area contributed by atoms with E-state index in [1.165, 1.54) is 6.08 Å². The van der Waals surface area contributed by atoms with Crippen molar-refractivity contribution in [3.8, 4) is 0 Å². The Morgan fingerprint density at radius 3 is 2.21 bits per heavy atom. The number of alkyl carbamates (subject to hydrolysis) is 1. The molecule has 0 aliphatic heterocycles. The van der Waals surface area contributed by atoms with Crippen LogP contribution in [-0.4, -0.2) is 28.8 Å². The van der Waals surface area contributed by atoms with Crippen molar-refractivity contribution < 1.29 is 19.4 Å². The van der Waals surface area contributed by atoms with Crippen molar-refractivity contribution in [2.45, 2.75) is 39.3 Å². The van der Waals surface area contributed by atoms with Crippen LogP contribution >= 0.6 is 0 Å². The molecule has 0 bridgehead atoms. The maximum Gasteiger partial charge on any atom is 0.408 e. The Balaban J connectivity index is 5.04. The SMILES string of the molecule is C=CC(=CC(=C)C)C(NC(=O)OC(C)(C)C)C(=O)O. The van der Waals surface area contributed by atoms with Crippen LogP contribution in [0, 0.1) is 0 Å². The second-order valence-electron chi connectivity index (χ2n) is 5.11. The first kappa shape index (κ1) is 17.0. The Hall–Kier alpha value is -2.04. The molecule has 19 heavy (non-hydrogen) atoms. The van der Waals surface area contributed by atoms with Crippen molar-refractivity contribution in [2.75, 3.05) is 0 Å². The number of hydrogen-bond donors (Lipinski definition) is 2. The molecule has 0 aromatic heterocycles. The van der Waals surface area contributed by atoms with Crippen molar-refractivity contribution in [1.82, 2.24) is 5.32 Å². The van der Waals surface area contributed by atoms with Gasteiger partial charge < -0.3 is 15.2 Å². The van der Waals surface area contributed by atoms with Crippen LogP contribution in [0.4, 0.5) is 4.79 Å². The van der Waals surface area contributed by atoms with Gasteiger partial charge in [0.15, 0.2) is 6.04 Å². The Labute approximate surface area is 113 Å². The third kappa shape index (κ3) is 7.08. The van der Waals surface area contributed by atoms with Crippen LogP contribution in [0.15, 0.2) is 36.5 Å². The molecule has 106 valence electrons. The number of carboxylic acid groups (broad SMARTS) is 1. The number of amides is 1. The number of allylic oxidation sites excluding steroid dienone is 2. The van der Waals surface area contributed by atoms with Crippen LogP contribution in [0.5, 0.6) is 0 Å². The molecule has 1 amide bonds. The van der Waals surface area contributed by atoms with Crippen LogP contribution in [0.2, 0.25) is 0 Å². The molecule has 0 aromatic rings. The summed E-state index contributed by atoms with van der Waals surface area (Å²) in [7, 11) is 0. The normalized spacial score (nSPS) is 13.4.